The first-order valence-corrected chi connectivity index (χ1v) is 8.49. The first kappa shape index (κ1) is 16.5. The van der Waals surface area contributed by atoms with Crippen molar-refractivity contribution in [2.24, 2.45) is 0 Å². The summed E-state index contributed by atoms with van der Waals surface area (Å²) in [6.07, 6.45) is 0.697. The van der Waals surface area contributed by atoms with Crippen LogP contribution in [-0.4, -0.2) is 31.1 Å². The first-order valence-electron chi connectivity index (χ1n) is 8.49. The number of benzene rings is 2. The van der Waals surface area contributed by atoms with E-state index in [1.165, 1.54) is 0 Å². The Morgan fingerprint density at radius 1 is 1.08 bits per heavy atom. The quantitative estimate of drug-likeness (QED) is 0.831. The van der Waals surface area contributed by atoms with Crippen LogP contribution in [0, 0.1) is 0 Å². The van der Waals surface area contributed by atoms with Gasteiger partial charge in [-0.05, 0) is 31.5 Å². The highest BCUT2D eigenvalue weighted by atomic mass is 16.5. The molecule has 0 saturated heterocycles. The van der Waals surface area contributed by atoms with Gasteiger partial charge in [-0.1, -0.05) is 36.4 Å². The van der Waals surface area contributed by atoms with Crippen molar-refractivity contribution in [2.75, 3.05) is 25.1 Å². The standard InChI is InChI=1S/C20H24N2O2/c1-4-21(5-2)20(23)22-17-12-8-6-10-15(17)14-19(24-3)16-11-7-9-13-18(16)22/h6-13,19H,4-5,14H2,1-3H3/t19-/m0/s1. The topological polar surface area (TPSA) is 32.8 Å². The van der Waals surface area contributed by atoms with E-state index in [1.807, 2.05) is 60.0 Å². The van der Waals surface area contributed by atoms with Gasteiger partial charge in [-0.15, -0.1) is 0 Å². The lowest BCUT2D eigenvalue weighted by atomic mass is 10.0. The van der Waals surface area contributed by atoms with E-state index in [9.17, 15) is 4.79 Å². The van der Waals surface area contributed by atoms with Crippen LogP contribution in [-0.2, 0) is 11.2 Å². The maximum atomic E-state index is 13.2. The van der Waals surface area contributed by atoms with Crippen LogP contribution >= 0.6 is 0 Å². The third-order valence-electron chi connectivity index (χ3n) is 4.67. The lowest BCUT2D eigenvalue weighted by molar-refractivity contribution is 0.105. The Morgan fingerprint density at radius 2 is 1.71 bits per heavy atom. The van der Waals surface area contributed by atoms with Gasteiger partial charge in [0.25, 0.3) is 0 Å². The molecular weight excluding hydrogens is 300 g/mol. The molecule has 0 saturated carbocycles. The Morgan fingerprint density at radius 3 is 2.38 bits per heavy atom. The van der Waals surface area contributed by atoms with Gasteiger partial charge in [0, 0.05) is 32.2 Å². The minimum atomic E-state index is -0.0585. The molecule has 4 nitrogen and oxygen atoms in total. The second-order valence-corrected chi connectivity index (χ2v) is 5.91. The third-order valence-corrected chi connectivity index (χ3v) is 4.67. The van der Waals surface area contributed by atoms with Crippen LogP contribution in [0.3, 0.4) is 0 Å². The van der Waals surface area contributed by atoms with E-state index in [2.05, 4.69) is 12.1 Å². The van der Waals surface area contributed by atoms with E-state index in [0.717, 1.165) is 28.9 Å². The summed E-state index contributed by atoms with van der Waals surface area (Å²) in [4.78, 5) is 16.9. The first-order chi connectivity index (χ1) is 11.7. The molecule has 0 bridgehead atoms. The van der Waals surface area contributed by atoms with Crippen molar-refractivity contribution in [2.45, 2.75) is 26.4 Å². The summed E-state index contributed by atoms with van der Waals surface area (Å²) in [7, 11) is 1.73. The number of nitrogens with zero attached hydrogens (tertiary/aromatic N) is 2. The molecular formula is C20H24N2O2. The van der Waals surface area contributed by atoms with Crippen molar-refractivity contribution in [3.63, 3.8) is 0 Å². The molecule has 1 aliphatic rings. The second kappa shape index (κ2) is 7.05. The van der Waals surface area contributed by atoms with Gasteiger partial charge >= 0.3 is 6.03 Å². The minimum Gasteiger partial charge on any atom is -0.376 e. The van der Waals surface area contributed by atoms with Crippen molar-refractivity contribution < 1.29 is 9.53 Å². The number of ether oxygens (including phenoxy) is 1. The molecule has 2 amide bonds. The number of carbonyl (C=O) groups excluding carboxylic acids is 1. The Labute approximate surface area is 143 Å². The SMILES string of the molecule is CCN(CC)C(=O)N1c2ccccc2C[C@H](OC)c2ccccc21. The van der Waals surface area contributed by atoms with E-state index in [-0.39, 0.29) is 12.1 Å². The van der Waals surface area contributed by atoms with Crippen LogP contribution < -0.4 is 4.90 Å². The van der Waals surface area contributed by atoms with Gasteiger partial charge in [-0.25, -0.2) is 4.79 Å². The number of urea groups is 1. The number of fused-ring (bicyclic) bond motifs is 2. The van der Waals surface area contributed by atoms with Gasteiger partial charge < -0.3 is 9.64 Å². The van der Waals surface area contributed by atoms with Crippen LogP contribution in [0.5, 0.6) is 0 Å². The van der Waals surface area contributed by atoms with Gasteiger partial charge in [0.15, 0.2) is 0 Å². The molecule has 1 aliphatic heterocycles. The average molecular weight is 324 g/mol. The summed E-state index contributed by atoms with van der Waals surface area (Å²) in [6.45, 7) is 5.39. The van der Waals surface area contributed by atoms with Crippen LogP contribution in [0.25, 0.3) is 0 Å². The second-order valence-electron chi connectivity index (χ2n) is 5.91. The number of rotatable bonds is 3. The average Bonchev–Trinajstić information content (AvgIpc) is 2.76. The van der Waals surface area contributed by atoms with Crippen molar-refractivity contribution in [1.82, 2.24) is 4.90 Å². The van der Waals surface area contributed by atoms with E-state index in [0.29, 0.717) is 13.1 Å². The van der Waals surface area contributed by atoms with Crippen LogP contribution in [0.2, 0.25) is 0 Å². The molecule has 2 aromatic carbocycles. The van der Waals surface area contributed by atoms with E-state index < -0.39 is 0 Å². The number of methoxy groups -OCH3 is 1. The highest BCUT2D eigenvalue weighted by Crippen LogP contribution is 2.41. The number of hydrogen-bond acceptors (Lipinski definition) is 2. The lowest BCUT2D eigenvalue weighted by Crippen LogP contribution is -2.41. The zero-order chi connectivity index (χ0) is 17.1. The Bertz CT molecular complexity index is 725. The van der Waals surface area contributed by atoms with Crippen LogP contribution in [0.4, 0.5) is 16.2 Å². The monoisotopic (exact) mass is 324 g/mol. The fraction of sp³-hybridized carbons (Fsp3) is 0.350. The Balaban J connectivity index is 2.21. The van der Waals surface area contributed by atoms with E-state index >= 15 is 0 Å². The Hall–Kier alpha value is -2.33. The highest BCUT2D eigenvalue weighted by Gasteiger charge is 2.31. The molecule has 0 fully saturated rings. The molecule has 0 radical (unpaired) electrons. The molecule has 2 aromatic rings. The van der Waals surface area contributed by atoms with E-state index in [1.54, 1.807) is 7.11 Å². The van der Waals surface area contributed by atoms with Gasteiger partial charge in [0.05, 0.1) is 17.5 Å². The number of anilines is 2. The van der Waals surface area contributed by atoms with Gasteiger partial charge in [0.1, 0.15) is 0 Å². The van der Waals surface area contributed by atoms with Crippen LogP contribution in [0.15, 0.2) is 48.5 Å². The minimum absolute atomic E-state index is 0.0108. The maximum absolute atomic E-state index is 13.2. The largest absolute Gasteiger partial charge is 0.376 e. The smallest absolute Gasteiger partial charge is 0.329 e. The zero-order valence-electron chi connectivity index (χ0n) is 14.5. The molecule has 126 valence electrons. The lowest BCUT2D eigenvalue weighted by Gasteiger charge is -2.30. The van der Waals surface area contributed by atoms with Gasteiger partial charge in [-0.3, -0.25) is 4.90 Å². The molecule has 0 N–H and O–H groups in total. The third kappa shape index (κ3) is 2.78. The van der Waals surface area contributed by atoms with Crippen molar-refractivity contribution >= 4 is 17.4 Å². The molecule has 1 heterocycles. The summed E-state index contributed by atoms with van der Waals surface area (Å²) in [5.41, 5.74) is 4.03. The molecule has 3 rings (SSSR count). The fourth-order valence-electron chi connectivity index (χ4n) is 3.36. The van der Waals surface area contributed by atoms with Gasteiger partial charge in [0.2, 0.25) is 0 Å². The summed E-state index contributed by atoms with van der Waals surface area (Å²) < 4.78 is 5.74. The molecule has 0 aliphatic carbocycles. The van der Waals surface area contributed by atoms with Crippen molar-refractivity contribution in [1.29, 1.82) is 0 Å². The summed E-state index contributed by atoms with van der Waals surface area (Å²) in [5, 5.41) is 0. The number of carbonyl (C=O) groups is 1. The Kier molecular flexibility index (Phi) is 4.86. The predicted molar refractivity (Wildman–Crippen MR) is 96.8 cm³/mol. The predicted octanol–water partition coefficient (Wildman–Crippen LogP) is 4.53. The number of amides is 2. The van der Waals surface area contributed by atoms with E-state index in [4.69, 9.17) is 4.74 Å². The number of hydrogen-bond donors (Lipinski definition) is 0. The normalized spacial score (nSPS) is 16.1. The summed E-state index contributed by atoms with van der Waals surface area (Å²) in [6, 6.07) is 16.1. The van der Waals surface area contributed by atoms with Crippen LogP contribution in [0.1, 0.15) is 31.1 Å². The highest BCUT2D eigenvalue weighted by molar-refractivity contribution is 6.01. The fourth-order valence-corrected chi connectivity index (χ4v) is 3.36. The summed E-state index contributed by atoms with van der Waals surface area (Å²) >= 11 is 0. The molecule has 0 aromatic heterocycles. The zero-order valence-corrected chi connectivity index (χ0v) is 14.5. The molecule has 0 spiro atoms. The molecule has 4 heteroatoms. The number of para-hydroxylation sites is 2. The summed E-state index contributed by atoms with van der Waals surface area (Å²) in [5.74, 6) is 0. The van der Waals surface area contributed by atoms with Crippen molar-refractivity contribution in [3.8, 4) is 0 Å². The maximum Gasteiger partial charge on any atom is 0.329 e. The van der Waals surface area contributed by atoms with Crippen molar-refractivity contribution in [3.05, 3.63) is 59.7 Å². The molecule has 0 unspecified atom stereocenters. The van der Waals surface area contributed by atoms with Gasteiger partial charge in [-0.2, -0.15) is 0 Å². The molecule has 1 atom stereocenters. The molecule has 24 heavy (non-hydrogen) atoms.